The number of carbonyl (C=O) groups excluding carboxylic acids is 1. The lowest BCUT2D eigenvalue weighted by atomic mass is 10.1. The summed E-state index contributed by atoms with van der Waals surface area (Å²) in [7, 11) is 0. The normalized spacial score (nSPS) is 9.95. The Balaban J connectivity index is 2.31. The monoisotopic (exact) mass is 335 g/mol. The van der Waals surface area contributed by atoms with Crippen molar-refractivity contribution >= 4 is 44.7 Å². The van der Waals surface area contributed by atoms with E-state index in [1.165, 1.54) is 0 Å². The van der Waals surface area contributed by atoms with Crippen molar-refractivity contribution in [1.82, 2.24) is 4.98 Å². The number of aromatic nitrogens is 1. The zero-order valence-corrected chi connectivity index (χ0v) is 12.2. The van der Waals surface area contributed by atoms with Gasteiger partial charge in [0.05, 0.1) is 5.69 Å². The number of pyridine rings is 1. The number of amides is 1. The van der Waals surface area contributed by atoms with E-state index in [1.807, 2.05) is 6.07 Å². The van der Waals surface area contributed by atoms with Gasteiger partial charge in [-0.25, -0.2) is 0 Å². The van der Waals surface area contributed by atoms with Crippen LogP contribution < -0.4 is 11.1 Å². The Labute approximate surface area is 124 Å². The predicted molar refractivity (Wildman–Crippen MR) is 82.2 cm³/mol. The average Bonchev–Trinajstić information content (AvgIpc) is 2.39. The number of anilines is 1. The van der Waals surface area contributed by atoms with E-state index in [2.05, 4.69) is 26.2 Å². The Hall–Kier alpha value is -1.79. The molecule has 0 saturated carbocycles. The molecule has 1 aromatic carbocycles. The maximum absolute atomic E-state index is 12.0. The van der Waals surface area contributed by atoms with Crippen LogP contribution in [-0.4, -0.2) is 15.9 Å². The van der Waals surface area contributed by atoms with Crippen LogP contribution in [0.1, 0.15) is 16.1 Å². The van der Waals surface area contributed by atoms with E-state index in [0.717, 1.165) is 4.47 Å². The van der Waals surface area contributed by atoms with Crippen LogP contribution in [-0.2, 0) is 0 Å². The van der Waals surface area contributed by atoms with Crippen molar-refractivity contribution in [2.24, 2.45) is 5.73 Å². The highest BCUT2D eigenvalue weighted by atomic mass is 79.9. The van der Waals surface area contributed by atoms with E-state index in [0.29, 0.717) is 16.9 Å². The van der Waals surface area contributed by atoms with Crippen molar-refractivity contribution in [2.45, 2.75) is 0 Å². The zero-order valence-electron chi connectivity index (χ0n) is 9.76. The Morgan fingerprint density at radius 2 is 2.11 bits per heavy atom. The van der Waals surface area contributed by atoms with Gasteiger partial charge in [0.15, 0.2) is 0 Å². The fourth-order valence-electron chi connectivity index (χ4n) is 1.52. The molecule has 0 unspecified atom stereocenters. The molecule has 1 amide bonds. The third-order valence-electron chi connectivity index (χ3n) is 2.39. The summed E-state index contributed by atoms with van der Waals surface area (Å²) in [4.78, 5) is 16.2. The number of nitrogens with two attached hydrogens (primary N) is 1. The van der Waals surface area contributed by atoms with Crippen LogP contribution in [0.2, 0.25) is 0 Å². The Bertz CT molecular complexity index is 631. The molecule has 0 spiro atoms. The van der Waals surface area contributed by atoms with Crippen molar-refractivity contribution in [3.05, 3.63) is 58.3 Å². The van der Waals surface area contributed by atoms with Gasteiger partial charge in [0.2, 0.25) is 0 Å². The molecule has 0 aliphatic heterocycles. The first-order valence-corrected chi connectivity index (χ1v) is 6.60. The van der Waals surface area contributed by atoms with Crippen LogP contribution in [0, 0.1) is 0 Å². The molecule has 1 heterocycles. The highest BCUT2D eigenvalue weighted by Crippen LogP contribution is 2.22. The molecule has 19 heavy (non-hydrogen) atoms. The summed E-state index contributed by atoms with van der Waals surface area (Å²) in [5.74, 6) is -0.309. The minimum absolute atomic E-state index is 0.226. The third kappa shape index (κ3) is 3.36. The third-order valence-corrected chi connectivity index (χ3v) is 3.11. The van der Waals surface area contributed by atoms with Crippen molar-refractivity contribution in [3.8, 4) is 0 Å². The second kappa shape index (κ2) is 5.90. The molecule has 96 valence electrons. The van der Waals surface area contributed by atoms with Crippen LogP contribution in [0.3, 0.4) is 0 Å². The summed E-state index contributed by atoms with van der Waals surface area (Å²) < 4.78 is 0.823. The number of hydrogen-bond donors (Lipinski definition) is 2. The number of halogens is 1. The van der Waals surface area contributed by atoms with Gasteiger partial charge in [-0.2, -0.15) is 0 Å². The molecule has 3 N–H and O–H groups in total. The summed E-state index contributed by atoms with van der Waals surface area (Å²) >= 11 is 8.30. The summed E-state index contributed by atoms with van der Waals surface area (Å²) in [6.07, 6.45) is 1.56. The molecule has 0 fully saturated rings. The first-order chi connectivity index (χ1) is 9.08. The van der Waals surface area contributed by atoms with E-state index in [9.17, 15) is 4.79 Å². The molecular weight excluding hydrogens is 326 g/mol. The fourth-order valence-corrected chi connectivity index (χ4v) is 2.06. The quantitative estimate of drug-likeness (QED) is 0.846. The molecule has 1 aromatic heterocycles. The second-order valence-corrected chi connectivity index (χ2v) is 5.08. The molecule has 4 nitrogen and oxygen atoms in total. The summed E-state index contributed by atoms with van der Waals surface area (Å²) in [6.45, 7) is 0. The van der Waals surface area contributed by atoms with E-state index in [1.54, 1.807) is 36.5 Å². The summed E-state index contributed by atoms with van der Waals surface area (Å²) in [5, 5.41) is 2.75. The van der Waals surface area contributed by atoms with Gasteiger partial charge < -0.3 is 11.1 Å². The number of carbonyl (C=O) groups is 1. The Kier molecular flexibility index (Phi) is 4.24. The Morgan fingerprint density at radius 3 is 2.74 bits per heavy atom. The van der Waals surface area contributed by atoms with Gasteiger partial charge in [-0.05, 0) is 30.3 Å². The second-order valence-electron chi connectivity index (χ2n) is 3.72. The molecular formula is C13H10BrN3OS. The van der Waals surface area contributed by atoms with Crippen LogP contribution >= 0.6 is 28.1 Å². The minimum Gasteiger partial charge on any atom is -0.389 e. The fraction of sp³-hybridized carbons (Fsp3) is 0. The summed E-state index contributed by atoms with van der Waals surface area (Å²) in [6, 6.07) is 10.4. The molecule has 0 aliphatic carbocycles. The highest BCUT2D eigenvalue weighted by molar-refractivity contribution is 9.10. The first kappa shape index (κ1) is 13.6. The largest absolute Gasteiger partial charge is 0.389 e. The first-order valence-electron chi connectivity index (χ1n) is 5.39. The highest BCUT2D eigenvalue weighted by Gasteiger charge is 2.11. The van der Waals surface area contributed by atoms with Gasteiger partial charge in [-0.3, -0.25) is 9.78 Å². The van der Waals surface area contributed by atoms with Gasteiger partial charge in [-0.1, -0.05) is 34.2 Å². The number of thiocarbonyl (C=S) groups is 1. The van der Waals surface area contributed by atoms with E-state index in [-0.39, 0.29) is 10.9 Å². The SMILES string of the molecule is NC(=S)c1ccc(Br)cc1NC(=O)c1ccccn1. The molecule has 0 radical (unpaired) electrons. The maximum Gasteiger partial charge on any atom is 0.274 e. The molecule has 0 bridgehead atoms. The van der Waals surface area contributed by atoms with E-state index < -0.39 is 0 Å². The van der Waals surface area contributed by atoms with Gasteiger partial charge >= 0.3 is 0 Å². The van der Waals surface area contributed by atoms with Crippen molar-refractivity contribution in [3.63, 3.8) is 0 Å². The van der Waals surface area contributed by atoms with Crippen LogP contribution in [0.5, 0.6) is 0 Å². The van der Waals surface area contributed by atoms with Crippen molar-refractivity contribution in [2.75, 3.05) is 5.32 Å². The van der Waals surface area contributed by atoms with Gasteiger partial charge in [0.25, 0.3) is 5.91 Å². The number of hydrogen-bond acceptors (Lipinski definition) is 3. The number of benzene rings is 1. The van der Waals surface area contributed by atoms with Crippen LogP contribution in [0.15, 0.2) is 47.1 Å². The number of nitrogens with zero attached hydrogens (tertiary/aromatic N) is 1. The lowest BCUT2D eigenvalue weighted by molar-refractivity contribution is 0.102. The lowest BCUT2D eigenvalue weighted by Crippen LogP contribution is -2.18. The molecule has 2 rings (SSSR count). The van der Waals surface area contributed by atoms with E-state index >= 15 is 0 Å². The maximum atomic E-state index is 12.0. The van der Waals surface area contributed by atoms with Crippen LogP contribution in [0.4, 0.5) is 5.69 Å². The lowest BCUT2D eigenvalue weighted by Gasteiger charge is -2.10. The molecule has 0 atom stereocenters. The Morgan fingerprint density at radius 1 is 1.32 bits per heavy atom. The van der Waals surface area contributed by atoms with Gasteiger partial charge in [0, 0.05) is 16.2 Å². The number of nitrogens with one attached hydrogen (secondary N) is 1. The smallest absolute Gasteiger partial charge is 0.274 e. The molecule has 2 aromatic rings. The zero-order chi connectivity index (χ0) is 13.8. The van der Waals surface area contributed by atoms with E-state index in [4.69, 9.17) is 18.0 Å². The van der Waals surface area contributed by atoms with Crippen molar-refractivity contribution in [1.29, 1.82) is 0 Å². The standard InChI is InChI=1S/C13H10BrN3OS/c14-8-4-5-9(12(15)19)11(7-8)17-13(18)10-3-1-2-6-16-10/h1-7H,(H2,15,19)(H,17,18). The number of rotatable bonds is 3. The predicted octanol–water partition coefficient (Wildman–Crippen LogP) is 2.73. The van der Waals surface area contributed by atoms with Gasteiger partial charge in [0.1, 0.15) is 10.7 Å². The van der Waals surface area contributed by atoms with Gasteiger partial charge in [-0.15, -0.1) is 0 Å². The molecule has 0 aliphatic rings. The van der Waals surface area contributed by atoms with Crippen molar-refractivity contribution < 1.29 is 4.79 Å². The molecule has 6 heteroatoms. The average molecular weight is 336 g/mol. The minimum atomic E-state index is -0.309. The molecule has 0 saturated heterocycles. The van der Waals surface area contributed by atoms with Crippen LogP contribution in [0.25, 0.3) is 0 Å². The topological polar surface area (TPSA) is 68.0 Å². The summed E-state index contributed by atoms with van der Waals surface area (Å²) in [5.41, 5.74) is 7.12.